The van der Waals surface area contributed by atoms with Gasteiger partial charge < -0.3 is 4.90 Å². The molecule has 1 aromatic heterocycles. The largest absolute Gasteiger partial charge is 0.334 e. The summed E-state index contributed by atoms with van der Waals surface area (Å²) in [6.07, 6.45) is 8.80. The zero-order valence-electron chi connectivity index (χ0n) is 14.2. The molecule has 0 unspecified atom stereocenters. The molecule has 2 fully saturated rings. The molecule has 1 aliphatic carbocycles. The summed E-state index contributed by atoms with van der Waals surface area (Å²) in [4.78, 5) is 15.2. The third-order valence-corrected chi connectivity index (χ3v) is 5.48. The van der Waals surface area contributed by atoms with E-state index in [1.807, 2.05) is 17.8 Å². The SMILES string of the molecule is CC(C)c1cc(C(=O)N2CCCC[C@H]3CCCC[C@@H]32)nn1C. The molecular formula is C18H29N3O. The first-order valence-electron chi connectivity index (χ1n) is 8.93. The summed E-state index contributed by atoms with van der Waals surface area (Å²) in [7, 11) is 1.94. The molecule has 0 bridgehead atoms. The molecule has 4 heteroatoms. The van der Waals surface area contributed by atoms with Gasteiger partial charge in [-0.05, 0) is 43.6 Å². The highest BCUT2D eigenvalue weighted by Crippen LogP contribution is 2.35. The normalized spacial score (nSPS) is 25.9. The van der Waals surface area contributed by atoms with Crippen molar-refractivity contribution in [3.05, 3.63) is 17.5 Å². The van der Waals surface area contributed by atoms with Crippen LogP contribution >= 0.6 is 0 Å². The number of amides is 1. The Kier molecular flexibility index (Phi) is 4.55. The first-order chi connectivity index (χ1) is 10.6. The van der Waals surface area contributed by atoms with Crippen molar-refractivity contribution in [1.29, 1.82) is 0 Å². The van der Waals surface area contributed by atoms with Gasteiger partial charge in [0, 0.05) is 25.3 Å². The smallest absolute Gasteiger partial charge is 0.274 e. The van der Waals surface area contributed by atoms with E-state index in [2.05, 4.69) is 23.8 Å². The van der Waals surface area contributed by atoms with Gasteiger partial charge in [0.05, 0.1) is 0 Å². The zero-order valence-corrected chi connectivity index (χ0v) is 14.2. The van der Waals surface area contributed by atoms with Crippen LogP contribution in [0.5, 0.6) is 0 Å². The molecule has 0 N–H and O–H groups in total. The zero-order chi connectivity index (χ0) is 15.7. The summed E-state index contributed by atoms with van der Waals surface area (Å²) in [5.41, 5.74) is 1.77. The van der Waals surface area contributed by atoms with Gasteiger partial charge in [0.25, 0.3) is 5.91 Å². The molecule has 3 rings (SSSR count). The van der Waals surface area contributed by atoms with Crippen LogP contribution in [0, 0.1) is 5.92 Å². The molecule has 1 saturated carbocycles. The monoisotopic (exact) mass is 303 g/mol. The number of aryl methyl sites for hydroxylation is 1. The highest BCUT2D eigenvalue weighted by atomic mass is 16.2. The number of likely N-dealkylation sites (tertiary alicyclic amines) is 1. The molecule has 2 aliphatic rings. The molecule has 0 radical (unpaired) electrons. The summed E-state index contributed by atoms with van der Waals surface area (Å²) in [6, 6.07) is 2.45. The Balaban J connectivity index is 1.84. The Labute approximate surface area is 133 Å². The third kappa shape index (κ3) is 2.92. The van der Waals surface area contributed by atoms with E-state index in [9.17, 15) is 4.79 Å². The van der Waals surface area contributed by atoms with Crippen LogP contribution in [-0.4, -0.2) is 33.2 Å². The molecule has 2 atom stereocenters. The predicted octanol–water partition coefficient (Wildman–Crippen LogP) is 3.73. The Morgan fingerprint density at radius 3 is 2.55 bits per heavy atom. The van der Waals surface area contributed by atoms with Gasteiger partial charge in [-0.15, -0.1) is 0 Å². The summed E-state index contributed by atoms with van der Waals surface area (Å²) < 4.78 is 1.87. The van der Waals surface area contributed by atoms with Crippen molar-refractivity contribution in [2.45, 2.75) is 70.8 Å². The van der Waals surface area contributed by atoms with Gasteiger partial charge in [0.15, 0.2) is 5.69 Å². The lowest BCUT2D eigenvalue weighted by molar-refractivity contribution is 0.0562. The maximum atomic E-state index is 13.0. The minimum Gasteiger partial charge on any atom is -0.334 e. The van der Waals surface area contributed by atoms with Crippen LogP contribution in [0.25, 0.3) is 0 Å². The van der Waals surface area contributed by atoms with Crippen molar-refractivity contribution in [3.63, 3.8) is 0 Å². The van der Waals surface area contributed by atoms with Crippen LogP contribution in [0.2, 0.25) is 0 Å². The molecule has 22 heavy (non-hydrogen) atoms. The molecule has 1 amide bonds. The van der Waals surface area contributed by atoms with E-state index in [1.165, 1.54) is 38.5 Å². The first kappa shape index (κ1) is 15.6. The van der Waals surface area contributed by atoms with Crippen LogP contribution in [0.4, 0.5) is 0 Å². The van der Waals surface area contributed by atoms with E-state index in [1.54, 1.807) is 0 Å². The lowest BCUT2D eigenvalue weighted by atomic mass is 9.81. The van der Waals surface area contributed by atoms with E-state index in [4.69, 9.17) is 0 Å². The number of nitrogens with zero attached hydrogens (tertiary/aromatic N) is 3. The van der Waals surface area contributed by atoms with Gasteiger partial charge in [0.2, 0.25) is 0 Å². The second-order valence-corrected chi connectivity index (χ2v) is 7.34. The number of rotatable bonds is 2. The fourth-order valence-corrected chi connectivity index (χ4v) is 4.32. The average Bonchev–Trinajstić information content (AvgIpc) is 2.77. The molecule has 1 aliphatic heterocycles. The number of hydrogen-bond donors (Lipinski definition) is 0. The second kappa shape index (κ2) is 6.43. The molecule has 0 aromatic carbocycles. The predicted molar refractivity (Wildman–Crippen MR) is 87.9 cm³/mol. The van der Waals surface area contributed by atoms with Gasteiger partial charge in [-0.1, -0.05) is 33.1 Å². The van der Waals surface area contributed by atoms with Gasteiger partial charge >= 0.3 is 0 Å². The Morgan fingerprint density at radius 1 is 1.18 bits per heavy atom. The Bertz CT molecular complexity index is 534. The van der Waals surface area contributed by atoms with Crippen LogP contribution in [0.3, 0.4) is 0 Å². The van der Waals surface area contributed by atoms with Gasteiger partial charge in [0.1, 0.15) is 0 Å². The number of hydrogen-bond acceptors (Lipinski definition) is 2. The fourth-order valence-electron chi connectivity index (χ4n) is 4.32. The van der Waals surface area contributed by atoms with Gasteiger partial charge in [-0.25, -0.2) is 0 Å². The summed E-state index contributed by atoms with van der Waals surface area (Å²) in [5.74, 6) is 1.26. The highest BCUT2D eigenvalue weighted by Gasteiger charge is 2.35. The molecule has 4 nitrogen and oxygen atoms in total. The van der Waals surface area contributed by atoms with E-state index in [0.29, 0.717) is 23.6 Å². The molecular weight excluding hydrogens is 274 g/mol. The van der Waals surface area contributed by atoms with E-state index < -0.39 is 0 Å². The molecule has 122 valence electrons. The summed E-state index contributed by atoms with van der Waals surface area (Å²) in [5, 5.41) is 4.50. The lowest BCUT2D eigenvalue weighted by Crippen LogP contribution is -2.45. The molecule has 0 spiro atoms. The van der Waals surface area contributed by atoms with Gasteiger partial charge in [-0.2, -0.15) is 5.10 Å². The topological polar surface area (TPSA) is 38.1 Å². The minimum atomic E-state index is 0.154. The fraction of sp³-hybridized carbons (Fsp3) is 0.778. The van der Waals surface area contributed by atoms with Crippen LogP contribution in [0.15, 0.2) is 6.07 Å². The molecule has 1 saturated heterocycles. The summed E-state index contributed by atoms with van der Waals surface area (Å²) >= 11 is 0. The van der Waals surface area contributed by atoms with Crippen molar-refractivity contribution < 1.29 is 4.79 Å². The third-order valence-electron chi connectivity index (χ3n) is 5.48. The standard InChI is InChI=1S/C18H29N3O/c1-13(2)17-12-15(19-20(17)3)18(22)21-11-7-6-9-14-8-4-5-10-16(14)21/h12-14,16H,4-11H2,1-3H3/t14-,16+/m1/s1. The number of carbonyl (C=O) groups excluding carboxylic acids is 1. The number of aromatic nitrogens is 2. The average molecular weight is 303 g/mol. The second-order valence-electron chi connectivity index (χ2n) is 7.34. The van der Waals surface area contributed by atoms with Crippen molar-refractivity contribution >= 4 is 5.91 Å². The number of fused-ring (bicyclic) bond motifs is 1. The van der Waals surface area contributed by atoms with E-state index in [0.717, 1.165) is 18.7 Å². The van der Waals surface area contributed by atoms with E-state index in [-0.39, 0.29) is 5.91 Å². The Morgan fingerprint density at radius 2 is 1.86 bits per heavy atom. The lowest BCUT2D eigenvalue weighted by Gasteiger charge is -2.38. The summed E-state index contributed by atoms with van der Waals surface area (Å²) in [6.45, 7) is 5.20. The number of carbonyl (C=O) groups is 1. The highest BCUT2D eigenvalue weighted by molar-refractivity contribution is 5.92. The van der Waals surface area contributed by atoms with Gasteiger partial charge in [-0.3, -0.25) is 9.48 Å². The Hall–Kier alpha value is -1.32. The van der Waals surface area contributed by atoms with Crippen LogP contribution in [0.1, 0.15) is 80.9 Å². The van der Waals surface area contributed by atoms with Crippen molar-refractivity contribution in [3.8, 4) is 0 Å². The maximum Gasteiger partial charge on any atom is 0.274 e. The van der Waals surface area contributed by atoms with Crippen molar-refractivity contribution in [2.24, 2.45) is 13.0 Å². The van der Waals surface area contributed by atoms with Crippen molar-refractivity contribution in [1.82, 2.24) is 14.7 Å². The van der Waals surface area contributed by atoms with Crippen LogP contribution < -0.4 is 0 Å². The van der Waals surface area contributed by atoms with Crippen molar-refractivity contribution in [2.75, 3.05) is 6.54 Å². The first-order valence-corrected chi connectivity index (χ1v) is 8.93. The quantitative estimate of drug-likeness (QED) is 0.835. The minimum absolute atomic E-state index is 0.154. The van der Waals surface area contributed by atoms with E-state index >= 15 is 0 Å². The van der Waals surface area contributed by atoms with Crippen LogP contribution in [-0.2, 0) is 7.05 Å². The molecule has 1 aromatic rings. The maximum absolute atomic E-state index is 13.0. The molecule has 2 heterocycles.